The van der Waals surface area contributed by atoms with E-state index >= 15 is 0 Å². The van der Waals surface area contributed by atoms with Crippen molar-refractivity contribution in [3.05, 3.63) is 71.9 Å². The van der Waals surface area contributed by atoms with Crippen molar-refractivity contribution in [2.45, 2.75) is 77.5 Å². The van der Waals surface area contributed by atoms with Crippen LogP contribution < -0.4 is 21.7 Å². The third-order valence-corrected chi connectivity index (χ3v) is 7.98. The van der Waals surface area contributed by atoms with Crippen LogP contribution in [0.4, 0.5) is 0 Å². The van der Waals surface area contributed by atoms with Crippen molar-refractivity contribution in [2.75, 3.05) is 0 Å². The van der Waals surface area contributed by atoms with E-state index in [1.807, 2.05) is 75.4 Å². The van der Waals surface area contributed by atoms with Crippen molar-refractivity contribution in [3.63, 3.8) is 0 Å². The first kappa shape index (κ1) is 32.3. The van der Waals surface area contributed by atoms with Gasteiger partial charge in [-0.2, -0.15) is 0 Å². The van der Waals surface area contributed by atoms with Gasteiger partial charge in [0.2, 0.25) is 17.7 Å². The van der Waals surface area contributed by atoms with E-state index in [1.165, 1.54) is 0 Å². The lowest BCUT2D eigenvalue weighted by Gasteiger charge is -2.27. The number of para-hydroxylation sites is 1. The van der Waals surface area contributed by atoms with Crippen LogP contribution in [0.2, 0.25) is 0 Å². The van der Waals surface area contributed by atoms with E-state index in [-0.39, 0.29) is 24.7 Å². The highest BCUT2D eigenvalue weighted by molar-refractivity contribution is 5.95. The standard InChI is InChI=1S/C32H43N5O5/c1-5-19(3)27(33)31(40)36-26(17-22-18-34-24-15-11-10-14-23(22)24)29(38)35-25(16-21-12-8-7-9-13-21)30(39)37-28(32(41)42)20(4)6-2/h7-15,18-20,25-28,34H,5-6,16-17,33H2,1-4H3,(H,35,38)(H,36,40)(H,37,39)(H,41,42). The zero-order valence-electron chi connectivity index (χ0n) is 24.7. The SMILES string of the molecule is CCC(C)C(N)C(=O)NC(Cc1c[nH]c2ccccc12)C(=O)NC(Cc1ccccc1)C(=O)NC(C(=O)O)C(C)CC. The third-order valence-electron chi connectivity index (χ3n) is 7.98. The molecule has 0 aliphatic heterocycles. The summed E-state index contributed by atoms with van der Waals surface area (Å²) in [5.74, 6) is -3.23. The molecule has 42 heavy (non-hydrogen) atoms. The van der Waals surface area contributed by atoms with Crippen LogP contribution in [0, 0.1) is 11.8 Å². The van der Waals surface area contributed by atoms with Crippen LogP contribution in [0.3, 0.4) is 0 Å². The van der Waals surface area contributed by atoms with Gasteiger partial charge in [-0.25, -0.2) is 4.79 Å². The minimum absolute atomic E-state index is 0.105. The number of nitrogens with two attached hydrogens (primary N) is 1. The molecule has 0 aliphatic carbocycles. The Kier molecular flexibility index (Phi) is 11.7. The predicted octanol–water partition coefficient (Wildman–Crippen LogP) is 2.91. The van der Waals surface area contributed by atoms with Gasteiger partial charge < -0.3 is 31.8 Å². The van der Waals surface area contributed by atoms with Crippen LogP contribution in [0.25, 0.3) is 10.9 Å². The van der Waals surface area contributed by atoms with Crippen LogP contribution in [0.1, 0.15) is 51.7 Å². The summed E-state index contributed by atoms with van der Waals surface area (Å²) in [7, 11) is 0. The van der Waals surface area contributed by atoms with Gasteiger partial charge in [0, 0.05) is 29.9 Å². The summed E-state index contributed by atoms with van der Waals surface area (Å²) in [5.41, 5.74) is 8.68. The van der Waals surface area contributed by atoms with E-state index in [0.29, 0.717) is 12.8 Å². The number of amides is 3. The zero-order chi connectivity index (χ0) is 30.8. The average molecular weight is 578 g/mol. The van der Waals surface area contributed by atoms with Crippen LogP contribution in [-0.4, -0.2) is 57.9 Å². The Morgan fingerprint density at radius 3 is 2.00 bits per heavy atom. The summed E-state index contributed by atoms with van der Waals surface area (Å²) in [5, 5.41) is 18.9. The fourth-order valence-electron chi connectivity index (χ4n) is 4.78. The highest BCUT2D eigenvalue weighted by Gasteiger charge is 2.33. The molecule has 0 aliphatic rings. The number of nitrogens with one attached hydrogen (secondary N) is 4. The Bertz CT molecular complexity index is 1360. The number of carbonyl (C=O) groups is 4. The van der Waals surface area contributed by atoms with Gasteiger partial charge in [-0.05, 0) is 29.0 Å². The predicted molar refractivity (Wildman–Crippen MR) is 162 cm³/mol. The first-order valence-corrected chi connectivity index (χ1v) is 14.5. The molecule has 10 heteroatoms. The molecule has 3 amide bonds. The van der Waals surface area contributed by atoms with Crippen molar-refractivity contribution in [1.29, 1.82) is 0 Å². The molecule has 0 saturated carbocycles. The normalized spacial score (nSPS) is 15.5. The van der Waals surface area contributed by atoms with Crippen molar-refractivity contribution < 1.29 is 24.3 Å². The second-order valence-electron chi connectivity index (χ2n) is 11.0. The van der Waals surface area contributed by atoms with Gasteiger partial charge in [-0.15, -0.1) is 0 Å². The van der Waals surface area contributed by atoms with Gasteiger partial charge >= 0.3 is 5.97 Å². The number of rotatable bonds is 15. The number of aromatic nitrogens is 1. The minimum atomic E-state index is -1.15. The number of carboxylic acid groups (broad SMARTS) is 1. The van der Waals surface area contributed by atoms with Gasteiger partial charge in [-0.1, -0.05) is 89.1 Å². The number of carboxylic acids is 1. The van der Waals surface area contributed by atoms with Crippen molar-refractivity contribution in [3.8, 4) is 0 Å². The highest BCUT2D eigenvalue weighted by Crippen LogP contribution is 2.20. The first-order chi connectivity index (χ1) is 20.0. The summed E-state index contributed by atoms with van der Waals surface area (Å²) < 4.78 is 0. The van der Waals surface area contributed by atoms with E-state index in [0.717, 1.165) is 22.0 Å². The molecule has 0 bridgehead atoms. The van der Waals surface area contributed by atoms with Gasteiger partial charge in [0.25, 0.3) is 0 Å². The maximum atomic E-state index is 13.8. The molecular formula is C32H43N5O5. The summed E-state index contributed by atoms with van der Waals surface area (Å²) >= 11 is 0. The molecule has 0 fully saturated rings. The lowest BCUT2D eigenvalue weighted by atomic mass is 9.97. The molecule has 3 aromatic rings. The van der Waals surface area contributed by atoms with Gasteiger partial charge in [0.05, 0.1) is 6.04 Å². The van der Waals surface area contributed by atoms with Crippen LogP contribution in [0.15, 0.2) is 60.8 Å². The highest BCUT2D eigenvalue weighted by atomic mass is 16.4. The maximum absolute atomic E-state index is 13.8. The quantitative estimate of drug-likeness (QED) is 0.162. The lowest BCUT2D eigenvalue weighted by molar-refractivity contribution is -0.143. The van der Waals surface area contributed by atoms with Crippen LogP contribution in [0.5, 0.6) is 0 Å². The summed E-state index contributed by atoms with van der Waals surface area (Å²) in [6, 6.07) is 12.7. The van der Waals surface area contributed by atoms with Crippen molar-refractivity contribution >= 4 is 34.6 Å². The molecule has 10 nitrogen and oxygen atoms in total. The van der Waals surface area contributed by atoms with Crippen LogP contribution in [-0.2, 0) is 32.0 Å². The largest absolute Gasteiger partial charge is 0.480 e. The number of benzene rings is 2. The Morgan fingerprint density at radius 1 is 0.786 bits per heavy atom. The van der Waals surface area contributed by atoms with Crippen molar-refractivity contribution in [2.24, 2.45) is 17.6 Å². The van der Waals surface area contributed by atoms with Gasteiger partial charge in [-0.3, -0.25) is 14.4 Å². The lowest BCUT2D eigenvalue weighted by Crippen LogP contribution is -2.59. The van der Waals surface area contributed by atoms with Gasteiger partial charge in [0.15, 0.2) is 0 Å². The summed E-state index contributed by atoms with van der Waals surface area (Å²) in [4.78, 5) is 55.6. The number of aromatic amines is 1. The Morgan fingerprint density at radius 2 is 1.36 bits per heavy atom. The van der Waals surface area contributed by atoms with Crippen molar-refractivity contribution in [1.82, 2.24) is 20.9 Å². The number of aliphatic carboxylic acids is 1. The summed E-state index contributed by atoms with van der Waals surface area (Å²) in [6.07, 6.45) is 3.31. The first-order valence-electron chi connectivity index (χ1n) is 14.5. The molecule has 7 N–H and O–H groups in total. The molecule has 6 unspecified atom stereocenters. The van der Waals surface area contributed by atoms with E-state index in [9.17, 15) is 24.3 Å². The topological polar surface area (TPSA) is 166 Å². The second kappa shape index (κ2) is 15.2. The van der Waals surface area contributed by atoms with E-state index in [2.05, 4.69) is 20.9 Å². The number of carbonyl (C=O) groups excluding carboxylic acids is 3. The molecule has 1 aromatic heterocycles. The molecular weight excluding hydrogens is 534 g/mol. The zero-order valence-corrected chi connectivity index (χ0v) is 24.7. The fraction of sp³-hybridized carbons (Fsp3) is 0.438. The molecule has 3 rings (SSSR count). The molecule has 6 atom stereocenters. The monoisotopic (exact) mass is 577 g/mol. The van der Waals surface area contributed by atoms with E-state index < -0.39 is 47.9 Å². The molecule has 0 radical (unpaired) electrons. The molecule has 2 aromatic carbocycles. The number of fused-ring (bicyclic) bond motifs is 1. The second-order valence-corrected chi connectivity index (χ2v) is 11.0. The Balaban J connectivity index is 1.91. The summed E-state index contributed by atoms with van der Waals surface area (Å²) in [6.45, 7) is 7.40. The van der Waals surface area contributed by atoms with E-state index in [1.54, 1.807) is 13.1 Å². The van der Waals surface area contributed by atoms with E-state index in [4.69, 9.17) is 5.73 Å². The van der Waals surface area contributed by atoms with Gasteiger partial charge in [0.1, 0.15) is 18.1 Å². The molecule has 1 heterocycles. The Labute approximate surface area is 246 Å². The Hall–Kier alpha value is -4.18. The van der Waals surface area contributed by atoms with Crippen LogP contribution >= 0.6 is 0 Å². The smallest absolute Gasteiger partial charge is 0.326 e. The number of hydrogen-bond acceptors (Lipinski definition) is 5. The fourth-order valence-corrected chi connectivity index (χ4v) is 4.78. The molecule has 0 saturated heterocycles. The number of H-pyrrole nitrogens is 1. The number of hydrogen-bond donors (Lipinski definition) is 6. The minimum Gasteiger partial charge on any atom is -0.480 e. The average Bonchev–Trinajstić information content (AvgIpc) is 3.40. The third kappa shape index (κ3) is 8.42. The maximum Gasteiger partial charge on any atom is 0.326 e. The molecule has 0 spiro atoms. The molecule has 226 valence electrons.